The van der Waals surface area contributed by atoms with Gasteiger partial charge in [0.1, 0.15) is 0 Å². The summed E-state index contributed by atoms with van der Waals surface area (Å²) >= 11 is 0. The number of benzene rings is 1. The Hall–Kier alpha value is -1.77. The molecule has 0 aliphatic heterocycles. The van der Waals surface area contributed by atoms with Crippen LogP contribution < -0.4 is 9.47 Å². The Morgan fingerprint density at radius 2 is 1.71 bits per heavy atom. The minimum absolute atomic E-state index is 0.0793. The van der Waals surface area contributed by atoms with Crippen LogP contribution in [0.4, 0.5) is 0 Å². The molecule has 0 unspecified atom stereocenters. The number of aryl methyl sites for hydroxylation is 1. The van der Waals surface area contributed by atoms with Crippen LogP contribution in [0.15, 0.2) is 11.6 Å². The summed E-state index contributed by atoms with van der Waals surface area (Å²) in [5.74, 6) is 2.10. The van der Waals surface area contributed by atoms with Crippen molar-refractivity contribution in [3.63, 3.8) is 0 Å². The van der Waals surface area contributed by atoms with Crippen LogP contribution in [0.25, 0.3) is 5.57 Å². The number of ether oxygens (including phenoxy) is 2. The third-order valence-corrected chi connectivity index (χ3v) is 5.65. The maximum absolute atomic E-state index is 12.8. The molecule has 3 rings (SSSR count). The number of fused-ring (bicyclic) bond motifs is 2. The topological polar surface area (TPSA) is 35.5 Å². The lowest BCUT2D eigenvalue weighted by atomic mass is 9.65. The summed E-state index contributed by atoms with van der Waals surface area (Å²) < 4.78 is 11.5. The van der Waals surface area contributed by atoms with Crippen LogP contribution in [-0.4, -0.2) is 20.0 Å². The summed E-state index contributed by atoms with van der Waals surface area (Å²) in [7, 11) is 3.36. The third kappa shape index (κ3) is 2.45. The van der Waals surface area contributed by atoms with Crippen molar-refractivity contribution in [2.75, 3.05) is 14.2 Å². The van der Waals surface area contributed by atoms with Crippen LogP contribution in [0.1, 0.15) is 69.6 Å². The molecule has 0 heterocycles. The molecule has 0 bridgehead atoms. The van der Waals surface area contributed by atoms with E-state index >= 15 is 0 Å². The molecule has 3 nitrogen and oxygen atoms in total. The van der Waals surface area contributed by atoms with Crippen molar-refractivity contribution in [1.29, 1.82) is 0 Å². The maximum Gasteiger partial charge on any atom is 0.169 e. The monoisotopic (exact) mass is 328 g/mol. The Kier molecular flexibility index (Phi) is 4.23. The lowest BCUT2D eigenvalue weighted by Crippen LogP contribution is -2.29. The minimum atomic E-state index is 0.0793. The van der Waals surface area contributed by atoms with Gasteiger partial charge in [-0.15, -0.1) is 0 Å². The van der Waals surface area contributed by atoms with Crippen LogP contribution >= 0.6 is 0 Å². The van der Waals surface area contributed by atoms with Crippen molar-refractivity contribution >= 4 is 11.4 Å². The van der Waals surface area contributed by atoms with Crippen LogP contribution in [0.5, 0.6) is 11.5 Å². The fourth-order valence-corrected chi connectivity index (χ4v) is 4.24. The van der Waals surface area contributed by atoms with Crippen LogP contribution in [0, 0.1) is 5.41 Å². The second-order valence-corrected chi connectivity index (χ2v) is 7.88. The largest absolute Gasteiger partial charge is 0.493 e. The summed E-state index contributed by atoms with van der Waals surface area (Å²) in [6.07, 6.45) is 3.48. The van der Waals surface area contributed by atoms with Gasteiger partial charge in [-0.1, -0.05) is 39.3 Å². The van der Waals surface area contributed by atoms with Crippen LogP contribution in [0.3, 0.4) is 0 Å². The molecular weight excluding hydrogens is 300 g/mol. The number of carbonyl (C=O) groups is 1. The molecule has 0 saturated heterocycles. The van der Waals surface area contributed by atoms with Crippen molar-refractivity contribution in [3.05, 3.63) is 28.3 Å². The van der Waals surface area contributed by atoms with Crippen LogP contribution in [-0.2, 0) is 11.2 Å². The molecule has 0 atom stereocenters. The number of allylic oxidation sites excluding steroid dienone is 2. The number of hydrogen-bond donors (Lipinski definition) is 0. The van der Waals surface area contributed by atoms with Crippen molar-refractivity contribution in [2.45, 2.75) is 59.3 Å². The Morgan fingerprint density at radius 3 is 2.29 bits per heavy atom. The molecule has 0 aromatic heterocycles. The summed E-state index contributed by atoms with van der Waals surface area (Å²) in [6, 6.07) is 2.22. The zero-order chi connectivity index (χ0) is 17.6. The standard InChI is InChI=1S/C21H28O3/c1-12(2)14-11-13-7-8-15-18(16(22)9-10-21(15,3)4)17(13)20(24-6)19(14)23-5/h11-12H,7-10H2,1-6H3. The van der Waals surface area contributed by atoms with E-state index in [9.17, 15) is 4.79 Å². The summed E-state index contributed by atoms with van der Waals surface area (Å²) in [4.78, 5) is 12.8. The Morgan fingerprint density at radius 1 is 1.04 bits per heavy atom. The lowest BCUT2D eigenvalue weighted by molar-refractivity contribution is -0.114. The van der Waals surface area contributed by atoms with Gasteiger partial charge in [-0.05, 0) is 36.2 Å². The first-order chi connectivity index (χ1) is 11.3. The first-order valence-electron chi connectivity index (χ1n) is 8.86. The lowest BCUT2D eigenvalue weighted by Gasteiger charge is -2.38. The molecule has 1 aromatic carbocycles. The SMILES string of the molecule is COc1c(C(C)C)cc2c(c1OC)C1=C(CC2)C(C)(C)CCC1=O. The second kappa shape index (κ2) is 5.94. The highest BCUT2D eigenvalue weighted by Crippen LogP contribution is 2.52. The molecule has 0 fully saturated rings. The quantitative estimate of drug-likeness (QED) is 0.790. The molecule has 0 radical (unpaired) electrons. The van der Waals surface area contributed by atoms with E-state index in [4.69, 9.17) is 9.47 Å². The number of rotatable bonds is 3. The molecule has 3 heteroatoms. The summed E-state index contributed by atoms with van der Waals surface area (Å²) in [5.41, 5.74) is 5.64. The minimum Gasteiger partial charge on any atom is -0.493 e. The molecular formula is C21H28O3. The fraction of sp³-hybridized carbons (Fsp3) is 0.571. The van der Waals surface area contributed by atoms with Gasteiger partial charge in [0.15, 0.2) is 17.3 Å². The molecule has 24 heavy (non-hydrogen) atoms. The molecule has 0 saturated carbocycles. The molecule has 0 N–H and O–H groups in total. The molecule has 130 valence electrons. The van der Waals surface area contributed by atoms with Gasteiger partial charge < -0.3 is 9.47 Å². The third-order valence-electron chi connectivity index (χ3n) is 5.65. The molecule has 0 amide bonds. The first-order valence-corrected chi connectivity index (χ1v) is 8.86. The first kappa shape index (κ1) is 17.1. The summed E-state index contributed by atoms with van der Waals surface area (Å²) in [6.45, 7) is 8.83. The highest BCUT2D eigenvalue weighted by Gasteiger charge is 2.39. The average Bonchev–Trinajstić information content (AvgIpc) is 2.55. The predicted molar refractivity (Wildman–Crippen MR) is 96.9 cm³/mol. The van der Waals surface area contributed by atoms with E-state index in [0.717, 1.165) is 47.5 Å². The Bertz CT molecular complexity index is 723. The van der Waals surface area contributed by atoms with Crippen molar-refractivity contribution in [3.8, 4) is 11.5 Å². The maximum atomic E-state index is 12.8. The zero-order valence-corrected chi connectivity index (χ0v) is 15.7. The van der Waals surface area contributed by atoms with Gasteiger partial charge in [0.05, 0.1) is 14.2 Å². The molecule has 1 aromatic rings. The van der Waals surface area contributed by atoms with E-state index in [-0.39, 0.29) is 11.2 Å². The van der Waals surface area contributed by atoms with E-state index < -0.39 is 0 Å². The Balaban J connectivity index is 2.35. The zero-order valence-electron chi connectivity index (χ0n) is 15.7. The van der Waals surface area contributed by atoms with Gasteiger partial charge in [0.25, 0.3) is 0 Å². The number of methoxy groups -OCH3 is 2. The Labute approximate surface area is 145 Å². The summed E-state index contributed by atoms with van der Waals surface area (Å²) in [5, 5.41) is 0. The van der Waals surface area contributed by atoms with Gasteiger partial charge >= 0.3 is 0 Å². The molecule has 2 aliphatic rings. The number of carbonyl (C=O) groups excluding carboxylic acids is 1. The van der Waals surface area contributed by atoms with E-state index in [2.05, 4.69) is 33.8 Å². The number of Topliss-reactive ketones (excluding diaryl/α,β-unsaturated/α-hetero) is 1. The van der Waals surface area contributed by atoms with Crippen molar-refractivity contribution in [1.82, 2.24) is 0 Å². The molecule has 0 spiro atoms. The predicted octanol–water partition coefficient (Wildman–Crippen LogP) is 4.92. The number of hydrogen-bond acceptors (Lipinski definition) is 3. The highest BCUT2D eigenvalue weighted by molar-refractivity contribution is 6.24. The fourth-order valence-electron chi connectivity index (χ4n) is 4.24. The highest BCUT2D eigenvalue weighted by atomic mass is 16.5. The molecule has 2 aliphatic carbocycles. The van der Waals surface area contributed by atoms with Gasteiger partial charge in [-0.25, -0.2) is 0 Å². The van der Waals surface area contributed by atoms with E-state index in [1.165, 1.54) is 11.1 Å². The number of ketones is 1. The van der Waals surface area contributed by atoms with E-state index in [1.807, 2.05) is 0 Å². The smallest absolute Gasteiger partial charge is 0.169 e. The van der Waals surface area contributed by atoms with Crippen molar-refractivity contribution in [2.24, 2.45) is 5.41 Å². The van der Waals surface area contributed by atoms with Gasteiger partial charge in [-0.3, -0.25) is 4.79 Å². The van der Waals surface area contributed by atoms with Gasteiger partial charge in [0.2, 0.25) is 0 Å². The van der Waals surface area contributed by atoms with E-state index in [1.54, 1.807) is 14.2 Å². The van der Waals surface area contributed by atoms with E-state index in [0.29, 0.717) is 12.3 Å². The average molecular weight is 328 g/mol. The normalized spacial score (nSPS) is 19.2. The van der Waals surface area contributed by atoms with Crippen LogP contribution in [0.2, 0.25) is 0 Å². The van der Waals surface area contributed by atoms with Crippen molar-refractivity contribution < 1.29 is 14.3 Å². The van der Waals surface area contributed by atoms with Gasteiger partial charge in [0, 0.05) is 23.1 Å². The van der Waals surface area contributed by atoms with Gasteiger partial charge in [-0.2, -0.15) is 0 Å². The second-order valence-electron chi connectivity index (χ2n) is 7.88.